The Morgan fingerprint density at radius 1 is 1.11 bits per heavy atom. The lowest BCUT2D eigenvalue weighted by Crippen LogP contribution is -2.40. The Labute approximate surface area is 172 Å². The van der Waals surface area contributed by atoms with E-state index >= 15 is 0 Å². The summed E-state index contributed by atoms with van der Waals surface area (Å²) in [5.41, 5.74) is 2.27. The van der Waals surface area contributed by atoms with E-state index in [1.54, 1.807) is 30.6 Å². The van der Waals surface area contributed by atoms with Gasteiger partial charge in [0, 0.05) is 27.8 Å². The molecule has 1 aromatic carbocycles. The quantitative estimate of drug-likeness (QED) is 0.595. The highest BCUT2D eigenvalue weighted by atomic mass is 79.9. The van der Waals surface area contributed by atoms with Crippen molar-refractivity contribution in [3.63, 3.8) is 0 Å². The van der Waals surface area contributed by atoms with Crippen LogP contribution in [0, 0.1) is 0 Å². The number of nitrogens with one attached hydrogen (secondary N) is 1. The van der Waals surface area contributed by atoms with E-state index in [4.69, 9.17) is 0 Å². The molecule has 140 valence electrons. The lowest BCUT2D eigenvalue weighted by atomic mass is 10.1. The summed E-state index contributed by atoms with van der Waals surface area (Å²) in [6, 6.07) is 8.58. The Morgan fingerprint density at radius 2 is 1.86 bits per heavy atom. The summed E-state index contributed by atoms with van der Waals surface area (Å²) in [5, 5.41) is 5.40. The molecule has 1 aliphatic heterocycles. The van der Waals surface area contributed by atoms with Gasteiger partial charge in [0.25, 0.3) is 11.8 Å². The third-order valence-electron chi connectivity index (χ3n) is 4.18. The second-order valence-electron chi connectivity index (χ2n) is 6.04. The summed E-state index contributed by atoms with van der Waals surface area (Å²) in [7, 11) is 0. The molecular weight excluding hydrogens is 444 g/mol. The van der Waals surface area contributed by atoms with Gasteiger partial charge in [-0.15, -0.1) is 11.3 Å². The molecule has 2 aromatic heterocycles. The Balaban J connectivity index is 1.37. The fourth-order valence-corrected chi connectivity index (χ4v) is 4.00. The van der Waals surface area contributed by atoms with Gasteiger partial charge in [-0.2, -0.15) is 0 Å². The number of amides is 3. The highest BCUT2D eigenvalue weighted by molar-refractivity contribution is 9.10. The summed E-state index contributed by atoms with van der Waals surface area (Å²) >= 11 is 4.75. The molecule has 0 spiro atoms. The lowest BCUT2D eigenvalue weighted by molar-refractivity contribution is -0.121. The first-order valence-electron chi connectivity index (χ1n) is 8.30. The third kappa shape index (κ3) is 3.58. The number of imide groups is 1. The number of hydrogen-bond donors (Lipinski definition) is 1. The largest absolute Gasteiger partial charge is 0.349 e. The number of carbonyl (C=O) groups is 3. The van der Waals surface area contributed by atoms with Gasteiger partial charge in [-0.3, -0.25) is 24.3 Å². The molecule has 3 aromatic rings. The molecule has 0 fully saturated rings. The van der Waals surface area contributed by atoms with E-state index in [-0.39, 0.29) is 13.1 Å². The van der Waals surface area contributed by atoms with Crippen molar-refractivity contribution in [1.82, 2.24) is 20.2 Å². The summed E-state index contributed by atoms with van der Waals surface area (Å²) in [4.78, 5) is 46.5. The first-order valence-corrected chi connectivity index (χ1v) is 9.97. The zero-order valence-corrected chi connectivity index (χ0v) is 16.8. The molecule has 4 rings (SSSR count). The molecule has 0 unspecified atom stereocenters. The van der Waals surface area contributed by atoms with E-state index in [0.717, 1.165) is 15.5 Å². The summed E-state index contributed by atoms with van der Waals surface area (Å²) in [6.07, 6.45) is 3.39. The van der Waals surface area contributed by atoms with E-state index in [1.165, 1.54) is 11.3 Å². The minimum Gasteiger partial charge on any atom is -0.349 e. The number of aromatic nitrogens is 2. The van der Waals surface area contributed by atoms with Crippen LogP contribution in [-0.4, -0.2) is 39.1 Å². The fourth-order valence-electron chi connectivity index (χ4n) is 2.81. The average molecular weight is 457 g/mol. The number of nitrogens with zero attached hydrogens (tertiary/aromatic N) is 3. The fraction of sp³-hybridized carbons (Fsp3) is 0.105. The Morgan fingerprint density at radius 3 is 2.64 bits per heavy atom. The number of carbonyl (C=O) groups excluding carboxylic acids is 3. The first-order chi connectivity index (χ1) is 13.5. The van der Waals surface area contributed by atoms with Crippen LogP contribution in [0.1, 0.15) is 26.4 Å². The smallest absolute Gasteiger partial charge is 0.262 e. The van der Waals surface area contributed by atoms with Gasteiger partial charge >= 0.3 is 0 Å². The summed E-state index contributed by atoms with van der Waals surface area (Å²) in [6.45, 7) is -0.111. The molecular formula is C19H13BrN4O3S. The minimum atomic E-state index is -0.468. The molecule has 0 atom stereocenters. The molecule has 0 saturated carbocycles. The van der Waals surface area contributed by atoms with Crippen molar-refractivity contribution in [3.05, 3.63) is 69.4 Å². The minimum absolute atomic E-state index is 0.217. The van der Waals surface area contributed by atoms with E-state index in [9.17, 15) is 14.4 Å². The van der Waals surface area contributed by atoms with Crippen LogP contribution in [0.2, 0.25) is 0 Å². The summed E-state index contributed by atoms with van der Waals surface area (Å²) in [5.74, 6) is -1.35. The van der Waals surface area contributed by atoms with Crippen LogP contribution in [0.15, 0.2) is 52.6 Å². The van der Waals surface area contributed by atoms with Gasteiger partial charge in [0.15, 0.2) is 0 Å². The van der Waals surface area contributed by atoms with Crippen molar-refractivity contribution >= 4 is 45.0 Å². The van der Waals surface area contributed by atoms with Gasteiger partial charge in [-0.25, -0.2) is 4.98 Å². The molecule has 1 N–H and O–H groups in total. The monoisotopic (exact) mass is 456 g/mol. The van der Waals surface area contributed by atoms with Crippen molar-refractivity contribution in [2.24, 2.45) is 0 Å². The second-order valence-corrected chi connectivity index (χ2v) is 7.82. The van der Waals surface area contributed by atoms with Crippen LogP contribution in [-0.2, 0) is 11.3 Å². The SMILES string of the molecule is O=C(CN1C(=O)c2ccc(Br)cc2C1=O)NCc1csc(-c2ccncc2)n1. The zero-order valence-electron chi connectivity index (χ0n) is 14.4. The van der Waals surface area contributed by atoms with Gasteiger partial charge in [0.05, 0.1) is 23.4 Å². The molecule has 7 nitrogen and oxygen atoms in total. The standard InChI is InChI=1S/C19H13BrN4O3S/c20-12-1-2-14-15(7-12)19(27)24(18(14)26)9-16(25)22-8-13-10-28-17(23-13)11-3-5-21-6-4-11/h1-7,10H,8-9H2,(H,22,25). The highest BCUT2D eigenvalue weighted by Crippen LogP contribution is 2.26. The number of rotatable bonds is 5. The van der Waals surface area contributed by atoms with Crippen LogP contribution in [0.25, 0.3) is 10.6 Å². The predicted octanol–water partition coefficient (Wildman–Crippen LogP) is 2.88. The molecule has 1 aliphatic rings. The van der Waals surface area contributed by atoms with Crippen LogP contribution in [0.5, 0.6) is 0 Å². The maximum absolute atomic E-state index is 12.4. The summed E-state index contributed by atoms with van der Waals surface area (Å²) < 4.78 is 0.701. The Hall–Kier alpha value is -2.91. The van der Waals surface area contributed by atoms with Gasteiger partial charge < -0.3 is 5.32 Å². The third-order valence-corrected chi connectivity index (χ3v) is 5.61. The highest BCUT2D eigenvalue weighted by Gasteiger charge is 2.36. The molecule has 28 heavy (non-hydrogen) atoms. The number of fused-ring (bicyclic) bond motifs is 1. The molecule has 9 heteroatoms. The van der Waals surface area contributed by atoms with Crippen molar-refractivity contribution in [2.75, 3.05) is 6.54 Å². The number of halogens is 1. The second kappa shape index (κ2) is 7.61. The van der Waals surface area contributed by atoms with Gasteiger partial charge in [-0.1, -0.05) is 15.9 Å². The Kier molecular flexibility index (Phi) is 5.01. The maximum atomic E-state index is 12.4. The molecule has 3 amide bonds. The zero-order chi connectivity index (χ0) is 19.7. The van der Waals surface area contributed by atoms with Crippen molar-refractivity contribution in [1.29, 1.82) is 0 Å². The molecule has 0 radical (unpaired) electrons. The maximum Gasteiger partial charge on any atom is 0.262 e. The number of hydrogen-bond acceptors (Lipinski definition) is 6. The number of pyridine rings is 1. The lowest BCUT2D eigenvalue weighted by Gasteiger charge is -2.13. The van der Waals surface area contributed by atoms with Gasteiger partial charge in [0.2, 0.25) is 5.91 Å². The van der Waals surface area contributed by atoms with Crippen LogP contribution >= 0.6 is 27.3 Å². The number of benzene rings is 1. The van der Waals surface area contributed by atoms with Crippen LogP contribution in [0.4, 0.5) is 0 Å². The molecule has 0 saturated heterocycles. The van der Waals surface area contributed by atoms with Crippen molar-refractivity contribution in [3.8, 4) is 10.6 Å². The molecule has 0 aliphatic carbocycles. The topological polar surface area (TPSA) is 92.3 Å². The first kappa shape index (κ1) is 18.5. The van der Waals surface area contributed by atoms with E-state index in [2.05, 4.69) is 31.2 Å². The average Bonchev–Trinajstić information content (AvgIpc) is 3.27. The predicted molar refractivity (Wildman–Crippen MR) is 107 cm³/mol. The van der Waals surface area contributed by atoms with Gasteiger partial charge in [-0.05, 0) is 30.3 Å². The van der Waals surface area contributed by atoms with E-state index in [0.29, 0.717) is 21.3 Å². The van der Waals surface area contributed by atoms with Crippen LogP contribution in [0.3, 0.4) is 0 Å². The molecule has 3 heterocycles. The van der Waals surface area contributed by atoms with Gasteiger partial charge in [0.1, 0.15) is 11.6 Å². The van der Waals surface area contributed by atoms with Crippen LogP contribution < -0.4 is 5.32 Å². The Bertz CT molecular complexity index is 1080. The number of thiazole rings is 1. The molecule has 0 bridgehead atoms. The van der Waals surface area contributed by atoms with E-state index < -0.39 is 17.7 Å². The van der Waals surface area contributed by atoms with E-state index in [1.807, 2.05) is 17.5 Å². The van der Waals surface area contributed by atoms with Crippen molar-refractivity contribution in [2.45, 2.75) is 6.54 Å². The van der Waals surface area contributed by atoms with Crippen molar-refractivity contribution < 1.29 is 14.4 Å². The normalized spacial score (nSPS) is 13.0.